The van der Waals surface area contributed by atoms with E-state index >= 15 is 0 Å². The molecule has 3 atom stereocenters. The minimum absolute atomic E-state index is 0.100. The lowest BCUT2D eigenvalue weighted by atomic mass is 9.91. The topological polar surface area (TPSA) is 146 Å². The Hall–Kier alpha value is -3.14. The quantitative estimate of drug-likeness (QED) is 0.363. The number of amides is 4. The van der Waals surface area contributed by atoms with Gasteiger partial charge in [-0.05, 0) is 49.8 Å². The van der Waals surface area contributed by atoms with Crippen LogP contribution in [-0.2, 0) is 14.4 Å². The van der Waals surface area contributed by atoms with Crippen molar-refractivity contribution in [3.8, 4) is 0 Å². The van der Waals surface area contributed by atoms with Crippen molar-refractivity contribution >= 4 is 46.1 Å². The highest BCUT2D eigenvalue weighted by Crippen LogP contribution is 2.34. The Kier molecular flexibility index (Phi) is 7.06. The average molecular weight is 492 g/mol. The molecule has 1 aromatic carbocycles. The molecule has 2 aromatic rings. The number of hydrogen-bond donors (Lipinski definition) is 5. The van der Waals surface area contributed by atoms with E-state index in [0.29, 0.717) is 36.2 Å². The first-order chi connectivity index (χ1) is 16.2. The van der Waals surface area contributed by atoms with E-state index in [1.54, 1.807) is 0 Å². The number of primary amides is 1. The fourth-order valence-corrected chi connectivity index (χ4v) is 4.50. The summed E-state index contributed by atoms with van der Waals surface area (Å²) in [6.07, 6.45) is 3.79. The predicted molar refractivity (Wildman–Crippen MR) is 123 cm³/mol. The second-order valence-corrected chi connectivity index (χ2v) is 9.42. The second kappa shape index (κ2) is 10.0. The third-order valence-electron chi connectivity index (χ3n) is 6.40. The summed E-state index contributed by atoms with van der Waals surface area (Å²) >= 11 is 5.99. The highest BCUT2D eigenvalue weighted by molar-refractivity contribution is 6.35. The molecular formula is C23H27ClFN5O4. The minimum Gasteiger partial charge on any atom is -0.368 e. The number of aromatic nitrogens is 1. The molecule has 0 unspecified atom stereocenters. The first-order valence-electron chi connectivity index (χ1n) is 11.4. The molecule has 2 aliphatic rings. The first-order valence-corrected chi connectivity index (χ1v) is 11.8. The largest absolute Gasteiger partial charge is 0.368 e. The zero-order valence-electron chi connectivity index (χ0n) is 18.5. The van der Waals surface area contributed by atoms with Crippen molar-refractivity contribution in [2.24, 2.45) is 17.6 Å². The molecule has 0 radical (unpaired) electrons. The summed E-state index contributed by atoms with van der Waals surface area (Å²) in [5, 5.41) is 8.34. The SMILES string of the molecule is NC(=O)[C@H](C[C@@H]1CCCNC1=O)NC(=O)[C@H](CC1CC1)NC(=O)c1cc2c(Cl)c(F)ccc2[nH]1. The number of halogens is 2. The van der Waals surface area contributed by atoms with E-state index in [1.165, 1.54) is 18.2 Å². The predicted octanol–water partition coefficient (Wildman–Crippen LogP) is 1.75. The van der Waals surface area contributed by atoms with Gasteiger partial charge in [0, 0.05) is 23.4 Å². The van der Waals surface area contributed by atoms with Gasteiger partial charge in [-0.25, -0.2) is 4.39 Å². The number of carbonyl (C=O) groups is 4. The summed E-state index contributed by atoms with van der Waals surface area (Å²) in [5.74, 6) is -2.73. The number of nitrogens with one attached hydrogen (secondary N) is 4. The van der Waals surface area contributed by atoms with Crippen LogP contribution in [0.2, 0.25) is 5.02 Å². The molecule has 6 N–H and O–H groups in total. The van der Waals surface area contributed by atoms with Crippen LogP contribution in [-0.4, -0.2) is 47.2 Å². The van der Waals surface area contributed by atoms with E-state index in [-0.39, 0.29) is 23.0 Å². The van der Waals surface area contributed by atoms with Gasteiger partial charge in [0.25, 0.3) is 5.91 Å². The third-order valence-corrected chi connectivity index (χ3v) is 6.79. The summed E-state index contributed by atoms with van der Waals surface area (Å²) in [4.78, 5) is 52.9. The van der Waals surface area contributed by atoms with Crippen LogP contribution in [0.1, 0.15) is 49.0 Å². The van der Waals surface area contributed by atoms with Gasteiger partial charge in [-0.2, -0.15) is 0 Å². The molecule has 4 rings (SSSR count). The normalized spacial score (nSPS) is 19.8. The maximum Gasteiger partial charge on any atom is 0.268 e. The van der Waals surface area contributed by atoms with Crippen molar-refractivity contribution in [3.05, 3.63) is 34.7 Å². The Labute approximate surface area is 200 Å². The Morgan fingerprint density at radius 1 is 1.15 bits per heavy atom. The average Bonchev–Trinajstić information content (AvgIpc) is 3.51. The van der Waals surface area contributed by atoms with E-state index in [1.807, 2.05) is 0 Å². The number of carbonyl (C=O) groups excluding carboxylic acids is 4. The third kappa shape index (κ3) is 5.49. The fraction of sp³-hybridized carbons (Fsp3) is 0.478. The van der Waals surface area contributed by atoms with Gasteiger partial charge < -0.3 is 26.7 Å². The second-order valence-electron chi connectivity index (χ2n) is 9.04. The molecule has 9 nitrogen and oxygen atoms in total. The first kappa shape index (κ1) is 24.0. The molecule has 2 fully saturated rings. The molecule has 11 heteroatoms. The van der Waals surface area contributed by atoms with Crippen molar-refractivity contribution in [2.45, 2.75) is 50.6 Å². The number of piperidine rings is 1. The summed E-state index contributed by atoms with van der Waals surface area (Å²) in [6.45, 7) is 0.587. The van der Waals surface area contributed by atoms with Crippen molar-refractivity contribution in [1.29, 1.82) is 0 Å². The number of H-pyrrole nitrogens is 1. The van der Waals surface area contributed by atoms with E-state index in [4.69, 9.17) is 17.3 Å². The van der Waals surface area contributed by atoms with Gasteiger partial charge >= 0.3 is 0 Å². The van der Waals surface area contributed by atoms with Gasteiger partial charge in [-0.3, -0.25) is 19.2 Å². The van der Waals surface area contributed by atoms with Crippen LogP contribution in [0.4, 0.5) is 4.39 Å². The Morgan fingerprint density at radius 2 is 1.91 bits per heavy atom. The lowest BCUT2D eigenvalue weighted by Crippen LogP contribution is -2.54. The Morgan fingerprint density at radius 3 is 2.59 bits per heavy atom. The summed E-state index contributed by atoms with van der Waals surface area (Å²) in [7, 11) is 0. The molecule has 0 bridgehead atoms. The lowest BCUT2D eigenvalue weighted by molar-refractivity contribution is -0.131. The van der Waals surface area contributed by atoms with Crippen molar-refractivity contribution in [1.82, 2.24) is 20.9 Å². The fourth-order valence-electron chi connectivity index (χ4n) is 4.28. The van der Waals surface area contributed by atoms with Gasteiger partial charge in [0.1, 0.15) is 23.6 Å². The highest BCUT2D eigenvalue weighted by Gasteiger charge is 2.34. The van der Waals surface area contributed by atoms with Gasteiger partial charge in [0.15, 0.2) is 0 Å². The minimum atomic E-state index is -1.03. The van der Waals surface area contributed by atoms with Crippen LogP contribution in [0.15, 0.2) is 18.2 Å². The number of benzene rings is 1. The van der Waals surface area contributed by atoms with Crippen LogP contribution in [0.5, 0.6) is 0 Å². The van der Waals surface area contributed by atoms with Crippen molar-refractivity contribution in [3.63, 3.8) is 0 Å². The maximum absolute atomic E-state index is 13.7. The van der Waals surface area contributed by atoms with Crippen molar-refractivity contribution in [2.75, 3.05) is 6.54 Å². The molecule has 1 saturated carbocycles. The molecular weight excluding hydrogens is 465 g/mol. The van der Waals surface area contributed by atoms with Crippen LogP contribution in [0, 0.1) is 17.7 Å². The smallest absolute Gasteiger partial charge is 0.268 e. The molecule has 4 amide bonds. The zero-order chi connectivity index (χ0) is 24.4. The van der Waals surface area contributed by atoms with Gasteiger partial charge in [-0.15, -0.1) is 0 Å². The highest BCUT2D eigenvalue weighted by atomic mass is 35.5. The van der Waals surface area contributed by atoms with E-state index in [9.17, 15) is 23.6 Å². The van der Waals surface area contributed by atoms with Crippen LogP contribution < -0.4 is 21.7 Å². The lowest BCUT2D eigenvalue weighted by Gasteiger charge is -2.27. The number of nitrogens with two attached hydrogens (primary N) is 1. The maximum atomic E-state index is 13.7. The molecule has 1 aliphatic carbocycles. The Bertz CT molecular complexity index is 1130. The molecule has 34 heavy (non-hydrogen) atoms. The van der Waals surface area contributed by atoms with Gasteiger partial charge in [0.05, 0.1) is 5.02 Å². The number of hydrogen-bond acceptors (Lipinski definition) is 4. The summed E-state index contributed by atoms with van der Waals surface area (Å²) in [6, 6.07) is 2.16. The summed E-state index contributed by atoms with van der Waals surface area (Å²) < 4.78 is 13.7. The van der Waals surface area contributed by atoms with E-state index in [2.05, 4.69) is 20.9 Å². The zero-order valence-corrected chi connectivity index (χ0v) is 19.2. The molecule has 182 valence electrons. The van der Waals surface area contributed by atoms with Crippen LogP contribution in [0.25, 0.3) is 10.9 Å². The van der Waals surface area contributed by atoms with Gasteiger partial charge in [-0.1, -0.05) is 24.4 Å². The number of fused-ring (bicyclic) bond motifs is 1. The Balaban J connectivity index is 1.46. The molecule has 0 spiro atoms. The molecule has 1 aliphatic heterocycles. The molecule has 1 saturated heterocycles. The van der Waals surface area contributed by atoms with Crippen molar-refractivity contribution < 1.29 is 23.6 Å². The van der Waals surface area contributed by atoms with Crippen LogP contribution >= 0.6 is 11.6 Å². The van der Waals surface area contributed by atoms with E-state index < -0.39 is 41.5 Å². The van der Waals surface area contributed by atoms with E-state index in [0.717, 1.165) is 19.3 Å². The molecule has 1 aromatic heterocycles. The standard InChI is InChI=1S/C23H27ClFN5O4/c24-19-13-10-18(28-15(13)6-5-14(19)25)23(34)30-17(8-11-3-4-11)22(33)29-16(20(26)31)9-12-2-1-7-27-21(12)32/h5-6,10-12,16-17,28H,1-4,7-9H2,(H2,26,31)(H,27,32)(H,29,33)(H,30,34)/t12-,16-,17-/m0/s1. The van der Waals surface area contributed by atoms with Gasteiger partial charge in [0.2, 0.25) is 17.7 Å². The summed E-state index contributed by atoms with van der Waals surface area (Å²) in [5.41, 5.74) is 6.11. The number of aromatic amines is 1. The van der Waals surface area contributed by atoms with Crippen LogP contribution in [0.3, 0.4) is 0 Å². The number of rotatable bonds is 9. The monoisotopic (exact) mass is 491 g/mol. The molecule has 2 heterocycles.